The molecule has 2 N–H and O–H groups in total. The Morgan fingerprint density at radius 1 is 1.00 bits per heavy atom. The van der Waals surface area contributed by atoms with Crippen LogP contribution >= 0.6 is 0 Å². The van der Waals surface area contributed by atoms with Crippen LogP contribution < -0.4 is 23.1 Å². The summed E-state index contributed by atoms with van der Waals surface area (Å²) >= 11 is 0. The van der Waals surface area contributed by atoms with Gasteiger partial charge in [-0.25, -0.2) is 0 Å². The lowest BCUT2D eigenvalue weighted by atomic mass is 9.94. The van der Waals surface area contributed by atoms with Crippen molar-refractivity contribution in [1.82, 2.24) is 0 Å². The smallest absolute Gasteiger partial charge is 0.446 e. The number of aliphatic hydroxyl groups excluding tert-OH is 1. The lowest BCUT2D eigenvalue weighted by Gasteiger charge is -2.32. The van der Waals surface area contributed by atoms with Gasteiger partial charge in [-0.2, -0.15) is 8.42 Å². The minimum Gasteiger partial charge on any atom is -0.496 e. The van der Waals surface area contributed by atoms with Crippen molar-refractivity contribution in [1.29, 1.82) is 0 Å². The number of ether oxygens (including phenoxy) is 4. The van der Waals surface area contributed by atoms with Gasteiger partial charge in [0.2, 0.25) is 0 Å². The van der Waals surface area contributed by atoms with E-state index in [0.717, 1.165) is 0 Å². The molecule has 1 heterocycles. The van der Waals surface area contributed by atoms with Gasteiger partial charge in [0.1, 0.15) is 17.6 Å². The minimum absolute atomic E-state index is 0.180. The van der Waals surface area contributed by atoms with E-state index in [1.807, 2.05) is 0 Å². The SMILES string of the molecule is COc1ccc([C@H]2Oc3cc(OS(=O)(=O)O)cc(OC)c3C[C@H]2O)cc1OC. The molecule has 0 unspecified atom stereocenters. The van der Waals surface area contributed by atoms with Gasteiger partial charge in [0, 0.05) is 24.1 Å². The van der Waals surface area contributed by atoms with Crippen LogP contribution in [0.4, 0.5) is 0 Å². The first-order valence-corrected chi connectivity index (χ1v) is 9.56. The predicted molar refractivity (Wildman–Crippen MR) is 97.8 cm³/mol. The van der Waals surface area contributed by atoms with Crippen molar-refractivity contribution < 1.29 is 41.2 Å². The third-order valence-corrected chi connectivity index (χ3v) is 4.72. The molecule has 0 amide bonds. The summed E-state index contributed by atoms with van der Waals surface area (Å²) in [7, 11) is -0.309. The van der Waals surface area contributed by atoms with Crippen LogP contribution in [0.15, 0.2) is 30.3 Å². The quantitative estimate of drug-likeness (QED) is 0.686. The molecule has 2 atom stereocenters. The number of aliphatic hydroxyl groups is 1. The summed E-state index contributed by atoms with van der Waals surface area (Å²) in [5, 5.41) is 10.6. The second kappa shape index (κ2) is 7.74. The van der Waals surface area contributed by atoms with E-state index in [-0.39, 0.29) is 23.7 Å². The molecule has 0 aliphatic carbocycles. The summed E-state index contributed by atoms with van der Waals surface area (Å²) in [6.07, 6.45) is -1.45. The van der Waals surface area contributed by atoms with Gasteiger partial charge in [-0.15, -0.1) is 0 Å². The predicted octanol–water partition coefficient (Wildman–Crippen LogP) is 1.93. The van der Waals surface area contributed by atoms with Crippen LogP contribution in [0.5, 0.6) is 28.7 Å². The lowest BCUT2D eigenvalue weighted by Crippen LogP contribution is -2.30. The number of rotatable bonds is 6. The second-order valence-corrected chi connectivity index (χ2v) is 7.06. The van der Waals surface area contributed by atoms with E-state index in [1.54, 1.807) is 18.2 Å². The third kappa shape index (κ3) is 4.08. The van der Waals surface area contributed by atoms with Crippen molar-refractivity contribution in [3.8, 4) is 28.7 Å². The first-order chi connectivity index (χ1) is 13.3. The number of benzene rings is 2. The fourth-order valence-corrected chi connectivity index (χ4v) is 3.44. The van der Waals surface area contributed by atoms with Gasteiger partial charge in [-0.1, -0.05) is 6.07 Å². The summed E-state index contributed by atoms with van der Waals surface area (Å²) in [5.41, 5.74) is 1.19. The number of fused-ring (bicyclic) bond motifs is 1. The van der Waals surface area contributed by atoms with Crippen LogP contribution in [0, 0.1) is 0 Å². The molecule has 0 fully saturated rings. The molecule has 28 heavy (non-hydrogen) atoms. The van der Waals surface area contributed by atoms with Crippen LogP contribution in [-0.2, 0) is 16.8 Å². The zero-order valence-electron chi connectivity index (χ0n) is 15.4. The van der Waals surface area contributed by atoms with Crippen LogP contribution in [0.2, 0.25) is 0 Å². The summed E-state index contributed by atoms with van der Waals surface area (Å²) in [6, 6.07) is 7.71. The van der Waals surface area contributed by atoms with E-state index in [1.165, 1.54) is 33.5 Å². The first kappa shape index (κ1) is 20.1. The van der Waals surface area contributed by atoms with Crippen LogP contribution in [-0.4, -0.2) is 45.5 Å². The highest BCUT2D eigenvalue weighted by Gasteiger charge is 2.33. The largest absolute Gasteiger partial charge is 0.496 e. The molecule has 10 heteroatoms. The molecule has 2 aromatic rings. The van der Waals surface area contributed by atoms with Gasteiger partial charge in [0.15, 0.2) is 17.2 Å². The number of hydrogen-bond donors (Lipinski definition) is 2. The maximum atomic E-state index is 11.0. The lowest BCUT2D eigenvalue weighted by molar-refractivity contribution is 0.0197. The molecule has 0 saturated carbocycles. The summed E-state index contributed by atoms with van der Waals surface area (Å²) in [4.78, 5) is 0. The van der Waals surface area contributed by atoms with Gasteiger partial charge in [0.05, 0.1) is 27.4 Å². The number of methoxy groups -OCH3 is 3. The first-order valence-electron chi connectivity index (χ1n) is 8.20. The van der Waals surface area contributed by atoms with Gasteiger partial charge >= 0.3 is 10.4 Å². The summed E-state index contributed by atoms with van der Waals surface area (Å²) in [5.74, 6) is 1.36. The molecule has 0 saturated heterocycles. The van der Waals surface area contributed by atoms with Crippen molar-refractivity contribution in [3.05, 3.63) is 41.5 Å². The Hall–Kier alpha value is -2.69. The van der Waals surface area contributed by atoms with Crippen LogP contribution in [0.1, 0.15) is 17.2 Å². The van der Waals surface area contributed by atoms with E-state index in [2.05, 4.69) is 4.18 Å². The Morgan fingerprint density at radius 2 is 1.68 bits per heavy atom. The fourth-order valence-electron chi connectivity index (χ4n) is 3.11. The molecule has 9 nitrogen and oxygen atoms in total. The average Bonchev–Trinajstić information content (AvgIpc) is 2.65. The third-order valence-electron chi connectivity index (χ3n) is 4.32. The molecule has 0 bridgehead atoms. The monoisotopic (exact) mass is 412 g/mol. The average molecular weight is 412 g/mol. The summed E-state index contributed by atoms with van der Waals surface area (Å²) < 4.78 is 57.1. The minimum atomic E-state index is -4.71. The van der Waals surface area contributed by atoms with E-state index in [0.29, 0.717) is 22.6 Å². The molecule has 1 aliphatic heterocycles. The van der Waals surface area contributed by atoms with Crippen molar-refractivity contribution in [2.45, 2.75) is 18.6 Å². The van der Waals surface area contributed by atoms with E-state index < -0.39 is 22.6 Å². The van der Waals surface area contributed by atoms with E-state index >= 15 is 0 Å². The molecule has 152 valence electrons. The zero-order valence-corrected chi connectivity index (χ0v) is 16.2. The number of hydrogen-bond acceptors (Lipinski definition) is 8. The molecular formula is C18H20O9S. The fraction of sp³-hybridized carbons (Fsp3) is 0.333. The standard InChI is InChI=1S/C18H20O9S/c1-23-14-5-4-10(6-17(14)25-3)18-13(19)9-12-15(24-2)7-11(8-16(12)26-18)27-28(20,21)22/h4-8,13,18-19H,9H2,1-3H3,(H,20,21,22)/t13-,18-/m1/s1. The van der Waals surface area contributed by atoms with Crippen molar-refractivity contribution in [2.24, 2.45) is 0 Å². The summed E-state index contributed by atoms with van der Waals surface area (Å²) in [6.45, 7) is 0. The van der Waals surface area contributed by atoms with Crippen LogP contribution in [0.3, 0.4) is 0 Å². The van der Waals surface area contributed by atoms with E-state index in [9.17, 15) is 13.5 Å². The van der Waals surface area contributed by atoms with Crippen molar-refractivity contribution in [2.75, 3.05) is 21.3 Å². The maximum Gasteiger partial charge on any atom is 0.446 e. The van der Waals surface area contributed by atoms with Crippen molar-refractivity contribution in [3.63, 3.8) is 0 Å². The Bertz CT molecular complexity index is 971. The van der Waals surface area contributed by atoms with Gasteiger partial charge < -0.3 is 28.2 Å². The Labute approximate surface area is 162 Å². The topological polar surface area (TPSA) is 121 Å². The normalized spacial score (nSPS) is 18.6. The molecule has 0 spiro atoms. The van der Waals surface area contributed by atoms with Crippen LogP contribution in [0.25, 0.3) is 0 Å². The highest BCUT2D eigenvalue weighted by Crippen LogP contribution is 2.43. The Kier molecular flexibility index (Phi) is 5.54. The molecule has 3 rings (SSSR count). The van der Waals surface area contributed by atoms with Gasteiger partial charge in [0.25, 0.3) is 0 Å². The van der Waals surface area contributed by atoms with Gasteiger partial charge in [-0.05, 0) is 17.7 Å². The zero-order chi connectivity index (χ0) is 20.5. The molecule has 1 aliphatic rings. The maximum absolute atomic E-state index is 11.0. The molecule has 0 radical (unpaired) electrons. The second-order valence-electron chi connectivity index (χ2n) is 6.04. The Morgan fingerprint density at radius 3 is 2.29 bits per heavy atom. The molecular weight excluding hydrogens is 392 g/mol. The Balaban J connectivity index is 2.00. The highest BCUT2D eigenvalue weighted by molar-refractivity contribution is 7.81. The highest BCUT2D eigenvalue weighted by atomic mass is 32.3. The van der Waals surface area contributed by atoms with E-state index in [4.69, 9.17) is 23.5 Å². The van der Waals surface area contributed by atoms with Gasteiger partial charge in [-0.3, -0.25) is 4.55 Å². The molecule has 0 aromatic heterocycles. The molecule has 2 aromatic carbocycles. The van der Waals surface area contributed by atoms with Crippen molar-refractivity contribution >= 4 is 10.4 Å².